The van der Waals surface area contributed by atoms with Gasteiger partial charge in [-0.15, -0.1) is 23.7 Å². The molecule has 2 aromatic heterocycles. The second-order valence-electron chi connectivity index (χ2n) is 7.84. The van der Waals surface area contributed by atoms with E-state index in [1.807, 2.05) is 60.7 Å². The number of nitrogens with two attached hydrogens (primary N) is 1. The van der Waals surface area contributed by atoms with Gasteiger partial charge in [0.1, 0.15) is 11.3 Å². The van der Waals surface area contributed by atoms with Crippen LogP contribution in [0.2, 0.25) is 0 Å². The van der Waals surface area contributed by atoms with E-state index in [1.54, 1.807) is 18.4 Å². The van der Waals surface area contributed by atoms with Gasteiger partial charge in [0.05, 0.1) is 11.8 Å². The predicted molar refractivity (Wildman–Crippen MR) is 148 cm³/mol. The third-order valence-electron chi connectivity index (χ3n) is 5.63. The van der Waals surface area contributed by atoms with E-state index in [0.29, 0.717) is 16.4 Å². The van der Waals surface area contributed by atoms with Crippen molar-refractivity contribution in [2.75, 3.05) is 12.4 Å². The summed E-state index contributed by atoms with van der Waals surface area (Å²) in [6.07, 6.45) is 0.778. The standard InChI is InChI=1S/C27H23N3O2S2.ClH/c1-32-23-14-13-21(17-6-3-2-4-7-17)25-24(23)29-27(34-25)30-26(31)19-11-9-18(10-12-19)22(28)16-20-8-5-15-33-20;/h2-15,22H,16,28H2,1H3,(H,29,30,31);1H. The second-order valence-corrected chi connectivity index (χ2v) is 9.88. The molecule has 178 valence electrons. The number of carbonyl (C=O) groups is 1. The summed E-state index contributed by atoms with van der Waals surface area (Å²) >= 11 is 3.14. The van der Waals surface area contributed by atoms with Crippen LogP contribution < -0.4 is 15.8 Å². The molecule has 1 atom stereocenters. The van der Waals surface area contributed by atoms with Crippen LogP contribution in [0, 0.1) is 0 Å². The van der Waals surface area contributed by atoms with Crippen molar-refractivity contribution in [3.63, 3.8) is 0 Å². The Kier molecular flexibility index (Phi) is 7.83. The fraction of sp³-hybridized carbons (Fsp3) is 0.111. The van der Waals surface area contributed by atoms with Crippen LogP contribution in [0.1, 0.15) is 26.8 Å². The first-order valence-electron chi connectivity index (χ1n) is 10.8. The lowest BCUT2D eigenvalue weighted by Gasteiger charge is -2.11. The lowest BCUT2D eigenvalue weighted by molar-refractivity contribution is 0.102. The number of anilines is 1. The van der Waals surface area contributed by atoms with Crippen LogP contribution in [0.5, 0.6) is 5.75 Å². The number of methoxy groups -OCH3 is 1. The number of aromatic nitrogens is 1. The van der Waals surface area contributed by atoms with E-state index in [4.69, 9.17) is 10.5 Å². The first-order chi connectivity index (χ1) is 16.6. The fourth-order valence-electron chi connectivity index (χ4n) is 3.86. The van der Waals surface area contributed by atoms with Gasteiger partial charge in [-0.2, -0.15) is 0 Å². The monoisotopic (exact) mass is 521 g/mol. The second kappa shape index (κ2) is 11.0. The summed E-state index contributed by atoms with van der Waals surface area (Å²) in [5, 5.41) is 5.53. The van der Waals surface area contributed by atoms with Gasteiger partial charge in [0.25, 0.3) is 5.91 Å². The molecule has 5 nitrogen and oxygen atoms in total. The Hall–Kier alpha value is -3.23. The van der Waals surface area contributed by atoms with Crippen LogP contribution in [-0.2, 0) is 6.42 Å². The number of amides is 1. The van der Waals surface area contributed by atoms with Crippen molar-refractivity contribution in [3.8, 4) is 16.9 Å². The number of hydrogen-bond donors (Lipinski definition) is 2. The molecule has 0 aliphatic heterocycles. The number of thiazole rings is 1. The average molecular weight is 522 g/mol. The quantitative estimate of drug-likeness (QED) is 0.243. The molecule has 0 radical (unpaired) electrons. The molecule has 2 heterocycles. The number of ether oxygens (including phenoxy) is 1. The molecule has 3 aromatic carbocycles. The van der Waals surface area contributed by atoms with E-state index in [9.17, 15) is 4.79 Å². The third-order valence-corrected chi connectivity index (χ3v) is 7.54. The average Bonchev–Trinajstić information content (AvgIpc) is 3.54. The lowest BCUT2D eigenvalue weighted by Crippen LogP contribution is -2.14. The van der Waals surface area contributed by atoms with Crippen LogP contribution in [0.15, 0.2) is 84.2 Å². The number of fused-ring (bicyclic) bond motifs is 1. The molecule has 0 aliphatic carbocycles. The number of nitrogens with zero attached hydrogens (tertiary/aromatic N) is 1. The summed E-state index contributed by atoms with van der Waals surface area (Å²) in [4.78, 5) is 18.8. The van der Waals surface area contributed by atoms with E-state index < -0.39 is 0 Å². The maximum absolute atomic E-state index is 12.9. The zero-order valence-electron chi connectivity index (χ0n) is 18.9. The van der Waals surface area contributed by atoms with Crippen LogP contribution in [-0.4, -0.2) is 18.0 Å². The number of rotatable bonds is 7. The van der Waals surface area contributed by atoms with Gasteiger partial charge in [0.15, 0.2) is 5.13 Å². The van der Waals surface area contributed by atoms with E-state index in [2.05, 4.69) is 33.9 Å². The predicted octanol–water partition coefficient (Wildman–Crippen LogP) is 6.95. The van der Waals surface area contributed by atoms with Gasteiger partial charge in [0.2, 0.25) is 0 Å². The van der Waals surface area contributed by atoms with E-state index in [0.717, 1.165) is 33.3 Å². The Labute approximate surface area is 218 Å². The van der Waals surface area contributed by atoms with Gasteiger partial charge < -0.3 is 10.5 Å². The highest BCUT2D eigenvalue weighted by Gasteiger charge is 2.17. The molecule has 3 N–H and O–H groups in total. The van der Waals surface area contributed by atoms with Crippen LogP contribution in [0.4, 0.5) is 5.13 Å². The SMILES string of the molecule is COc1ccc(-c2ccccc2)c2sc(NC(=O)c3ccc(C(N)Cc4cccs4)cc3)nc12.Cl. The zero-order valence-corrected chi connectivity index (χ0v) is 21.4. The molecule has 1 unspecified atom stereocenters. The van der Waals surface area contributed by atoms with Crippen molar-refractivity contribution >= 4 is 56.3 Å². The molecule has 0 aliphatic rings. The van der Waals surface area contributed by atoms with Gasteiger partial charge >= 0.3 is 0 Å². The minimum Gasteiger partial charge on any atom is -0.494 e. The molecule has 5 rings (SSSR count). The van der Waals surface area contributed by atoms with Crippen LogP contribution in [0.25, 0.3) is 21.3 Å². The van der Waals surface area contributed by atoms with Crippen LogP contribution in [0.3, 0.4) is 0 Å². The summed E-state index contributed by atoms with van der Waals surface area (Å²) in [5.74, 6) is 0.466. The number of thiophene rings is 1. The molecule has 1 amide bonds. The summed E-state index contributed by atoms with van der Waals surface area (Å²) < 4.78 is 6.48. The molecule has 0 saturated heterocycles. The Bertz CT molecular complexity index is 1420. The van der Waals surface area contributed by atoms with Gasteiger partial charge in [-0.25, -0.2) is 4.98 Å². The summed E-state index contributed by atoms with van der Waals surface area (Å²) in [5.41, 5.74) is 10.8. The first-order valence-corrected chi connectivity index (χ1v) is 12.5. The molecule has 0 saturated carbocycles. The number of carbonyl (C=O) groups excluding carboxylic acids is 1. The number of nitrogens with one attached hydrogen (secondary N) is 1. The highest BCUT2D eigenvalue weighted by molar-refractivity contribution is 7.23. The lowest BCUT2D eigenvalue weighted by atomic mass is 10.0. The van der Waals surface area contributed by atoms with Crippen molar-refractivity contribution < 1.29 is 9.53 Å². The number of benzene rings is 3. The van der Waals surface area contributed by atoms with Crippen molar-refractivity contribution in [3.05, 3.63) is 100 Å². The third kappa shape index (κ3) is 5.39. The van der Waals surface area contributed by atoms with Crippen molar-refractivity contribution in [1.29, 1.82) is 0 Å². The molecular weight excluding hydrogens is 498 g/mol. The number of hydrogen-bond acceptors (Lipinski definition) is 6. The normalized spacial score (nSPS) is 11.6. The molecule has 0 bridgehead atoms. The smallest absolute Gasteiger partial charge is 0.257 e. The Morgan fingerprint density at radius 1 is 1.03 bits per heavy atom. The maximum Gasteiger partial charge on any atom is 0.257 e. The Morgan fingerprint density at radius 3 is 2.49 bits per heavy atom. The minimum atomic E-state index is -0.210. The zero-order chi connectivity index (χ0) is 23.5. The van der Waals surface area contributed by atoms with E-state index in [1.165, 1.54) is 16.2 Å². The van der Waals surface area contributed by atoms with Crippen molar-refractivity contribution in [2.24, 2.45) is 5.73 Å². The largest absolute Gasteiger partial charge is 0.494 e. The Balaban J connectivity index is 0.00000289. The molecule has 35 heavy (non-hydrogen) atoms. The highest BCUT2D eigenvalue weighted by Crippen LogP contribution is 2.39. The van der Waals surface area contributed by atoms with Crippen molar-refractivity contribution in [1.82, 2.24) is 4.98 Å². The van der Waals surface area contributed by atoms with E-state index >= 15 is 0 Å². The molecule has 8 heteroatoms. The fourth-order valence-corrected chi connectivity index (χ4v) is 5.64. The molecule has 0 fully saturated rings. The number of halogens is 1. The molecular formula is C27H24ClN3O2S2. The van der Waals surface area contributed by atoms with Crippen LogP contribution >= 0.6 is 35.1 Å². The van der Waals surface area contributed by atoms with Crippen molar-refractivity contribution in [2.45, 2.75) is 12.5 Å². The highest BCUT2D eigenvalue weighted by atomic mass is 35.5. The summed E-state index contributed by atoms with van der Waals surface area (Å²) in [6.45, 7) is 0. The van der Waals surface area contributed by atoms with E-state index in [-0.39, 0.29) is 24.4 Å². The first kappa shape index (κ1) is 24.9. The Morgan fingerprint density at radius 2 is 1.80 bits per heavy atom. The summed E-state index contributed by atoms with van der Waals surface area (Å²) in [7, 11) is 1.62. The molecule has 0 spiro atoms. The van der Waals surface area contributed by atoms with Gasteiger partial charge in [-0.1, -0.05) is 59.9 Å². The van der Waals surface area contributed by atoms with Gasteiger partial charge in [-0.3, -0.25) is 10.1 Å². The van der Waals surface area contributed by atoms with Gasteiger partial charge in [0, 0.05) is 28.5 Å². The van der Waals surface area contributed by atoms with Gasteiger partial charge in [-0.05, 0) is 46.8 Å². The topological polar surface area (TPSA) is 77.2 Å². The molecule has 5 aromatic rings. The summed E-state index contributed by atoms with van der Waals surface area (Å²) in [6, 6.07) is 25.5. The maximum atomic E-state index is 12.9. The minimum absolute atomic E-state index is 0.